The van der Waals surface area contributed by atoms with Gasteiger partial charge in [0.2, 0.25) is 5.91 Å². The van der Waals surface area contributed by atoms with E-state index in [1.165, 1.54) is 24.1 Å². The third kappa shape index (κ3) is 3.92. The van der Waals surface area contributed by atoms with Crippen molar-refractivity contribution in [2.45, 2.75) is 50.4 Å². The number of carbonyl (C=O) groups is 1. The molecule has 5 heteroatoms. The average molecular weight is 357 g/mol. The third-order valence-corrected chi connectivity index (χ3v) is 6.58. The zero-order valence-electron chi connectivity index (χ0n) is 14.1. The molecule has 2 heterocycles. The molecule has 1 aromatic heterocycles. The second-order valence-electron chi connectivity index (χ2n) is 6.91. The normalized spacial score (nSPS) is 21.7. The number of rotatable bonds is 4. The molecule has 0 aromatic carbocycles. The minimum absolute atomic E-state index is 0. The average Bonchev–Trinajstić information content (AvgIpc) is 3.11. The van der Waals surface area contributed by atoms with Crippen LogP contribution in [0.15, 0.2) is 17.5 Å². The number of hydrogen-bond donors (Lipinski definition) is 1. The van der Waals surface area contributed by atoms with Gasteiger partial charge >= 0.3 is 0 Å². The molecule has 1 saturated carbocycles. The van der Waals surface area contributed by atoms with E-state index in [2.05, 4.69) is 27.7 Å². The summed E-state index contributed by atoms with van der Waals surface area (Å²) in [4.78, 5) is 16.8. The van der Waals surface area contributed by atoms with Crippen LogP contribution in [0.1, 0.15) is 49.8 Å². The van der Waals surface area contributed by atoms with Crippen LogP contribution in [0.25, 0.3) is 0 Å². The molecule has 0 radical (unpaired) electrons. The van der Waals surface area contributed by atoms with Gasteiger partial charge in [-0.15, -0.1) is 23.7 Å². The monoisotopic (exact) mass is 356 g/mol. The number of piperidine rings is 1. The van der Waals surface area contributed by atoms with Gasteiger partial charge in [-0.1, -0.05) is 25.3 Å². The molecule has 1 aromatic rings. The smallest absolute Gasteiger partial charge is 0.234 e. The first-order valence-corrected chi connectivity index (χ1v) is 9.62. The Morgan fingerprint density at radius 1 is 1.30 bits per heavy atom. The van der Waals surface area contributed by atoms with Crippen LogP contribution in [0.5, 0.6) is 0 Å². The summed E-state index contributed by atoms with van der Waals surface area (Å²) in [6, 6.07) is 4.28. The van der Waals surface area contributed by atoms with Crippen molar-refractivity contribution in [1.29, 1.82) is 0 Å². The Kier molecular flexibility index (Phi) is 6.93. The number of nitrogens with zero attached hydrogens (tertiary/aromatic N) is 1. The molecule has 0 bridgehead atoms. The number of amides is 1. The van der Waals surface area contributed by atoms with E-state index >= 15 is 0 Å². The molecule has 1 N–H and O–H groups in total. The fraction of sp³-hybridized carbons (Fsp3) is 0.722. The van der Waals surface area contributed by atoms with E-state index < -0.39 is 0 Å². The van der Waals surface area contributed by atoms with Crippen LogP contribution in [0.3, 0.4) is 0 Å². The summed E-state index contributed by atoms with van der Waals surface area (Å²) in [5.41, 5.74) is -0.206. The number of likely N-dealkylation sites (tertiary alicyclic amines) is 1. The van der Waals surface area contributed by atoms with Gasteiger partial charge in [-0.2, -0.15) is 0 Å². The minimum atomic E-state index is -0.206. The van der Waals surface area contributed by atoms with Crippen molar-refractivity contribution in [3.63, 3.8) is 0 Å². The van der Waals surface area contributed by atoms with Crippen LogP contribution < -0.4 is 5.32 Å². The van der Waals surface area contributed by atoms with Crippen LogP contribution in [0, 0.1) is 5.92 Å². The highest BCUT2D eigenvalue weighted by Gasteiger charge is 2.44. The Morgan fingerprint density at radius 3 is 2.57 bits per heavy atom. The first kappa shape index (κ1) is 18.8. The zero-order chi connectivity index (χ0) is 15.4. The van der Waals surface area contributed by atoms with E-state index in [4.69, 9.17) is 0 Å². The highest BCUT2D eigenvalue weighted by Crippen LogP contribution is 2.43. The molecule has 3 nitrogen and oxygen atoms in total. The van der Waals surface area contributed by atoms with Crippen molar-refractivity contribution in [1.82, 2.24) is 10.2 Å². The highest BCUT2D eigenvalue weighted by molar-refractivity contribution is 7.10. The summed E-state index contributed by atoms with van der Waals surface area (Å²) < 4.78 is 0. The van der Waals surface area contributed by atoms with Crippen LogP contribution in [-0.2, 0) is 10.2 Å². The summed E-state index contributed by atoms with van der Waals surface area (Å²) in [6.07, 6.45) is 8.05. The van der Waals surface area contributed by atoms with Crippen molar-refractivity contribution < 1.29 is 4.79 Å². The van der Waals surface area contributed by atoms with E-state index in [1.54, 1.807) is 11.3 Å². The van der Waals surface area contributed by atoms with Crippen LogP contribution in [0.2, 0.25) is 0 Å². The predicted octanol–water partition coefficient (Wildman–Crippen LogP) is 3.83. The third-order valence-electron chi connectivity index (χ3n) is 5.50. The van der Waals surface area contributed by atoms with E-state index in [0.717, 1.165) is 51.2 Å². The molecular formula is C18H29ClN2OS. The number of carbonyl (C=O) groups excluding carboxylic acids is 1. The van der Waals surface area contributed by atoms with Crippen LogP contribution >= 0.6 is 23.7 Å². The zero-order valence-corrected chi connectivity index (χ0v) is 15.7. The highest BCUT2D eigenvalue weighted by atomic mass is 35.5. The molecule has 0 atom stereocenters. The molecule has 1 saturated heterocycles. The number of thiophene rings is 1. The SMILES string of the molecule is CNCC1CCN(C(=O)C2(c3cccs3)CCCCC2)CC1.Cl. The van der Waals surface area contributed by atoms with Gasteiger partial charge in [0.25, 0.3) is 0 Å². The second-order valence-corrected chi connectivity index (χ2v) is 7.86. The fourth-order valence-electron chi connectivity index (χ4n) is 4.20. The van der Waals surface area contributed by atoms with Gasteiger partial charge in [-0.25, -0.2) is 0 Å². The number of nitrogens with one attached hydrogen (secondary N) is 1. The molecule has 2 fully saturated rings. The predicted molar refractivity (Wildman–Crippen MR) is 99.6 cm³/mol. The Bertz CT molecular complexity index is 477. The van der Waals surface area contributed by atoms with Gasteiger partial charge in [0.1, 0.15) is 0 Å². The van der Waals surface area contributed by atoms with Gasteiger partial charge in [0.05, 0.1) is 5.41 Å². The van der Waals surface area contributed by atoms with Crippen molar-refractivity contribution in [3.05, 3.63) is 22.4 Å². The molecule has 1 aliphatic heterocycles. The quantitative estimate of drug-likeness (QED) is 0.889. The molecule has 0 spiro atoms. The summed E-state index contributed by atoms with van der Waals surface area (Å²) in [6.45, 7) is 2.97. The van der Waals surface area contributed by atoms with Gasteiger partial charge < -0.3 is 10.2 Å². The van der Waals surface area contributed by atoms with E-state index in [9.17, 15) is 4.79 Å². The lowest BCUT2D eigenvalue weighted by Gasteiger charge is -2.41. The largest absolute Gasteiger partial charge is 0.342 e. The van der Waals surface area contributed by atoms with Gasteiger partial charge in [-0.05, 0) is 56.6 Å². The Hall–Kier alpha value is -0.580. The standard InChI is InChI=1S/C18H28N2OS.ClH/c1-19-14-15-7-11-20(12-8-15)17(21)18(9-3-2-4-10-18)16-6-5-13-22-16;/h5-6,13,15,19H,2-4,7-12,14H2,1H3;1H. The molecule has 0 unspecified atom stereocenters. The van der Waals surface area contributed by atoms with Crippen molar-refractivity contribution in [2.75, 3.05) is 26.7 Å². The van der Waals surface area contributed by atoms with E-state index in [-0.39, 0.29) is 17.8 Å². The molecule has 3 rings (SSSR count). The molecule has 1 aliphatic carbocycles. The maximum Gasteiger partial charge on any atom is 0.234 e. The molecular weight excluding hydrogens is 328 g/mol. The lowest BCUT2D eigenvalue weighted by Crippen LogP contribution is -2.50. The topological polar surface area (TPSA) is 32.3 Å². The van der Waals surface area contributed by atoms with Crippen LogP contribution in [0.4, 0.5) is 0 Å². The molecule has 23 heavy (non-hydrogen) atoms. The van der Waals surface area contributed by atoms with Crippen molar-refractivity contribution >= 4 is 29.7 Å². The first-order chi connectivity index (χ1) is 10.8. The van der Waals surface area contributed by atoms with Gasteiger partial charge in [0, 0.05) is 18.0 Å². The fourth-order valence-corrected chi connectivity index (χ4v) is 5.18. The number of halogens is 1. The first-order valence-electron chi connectivity index (χ1n) is 8.74. The van der Waals surface area contributed by atoms with Gasteiger partial charge in [0.15, 0.2) is 0 Å². The maximum absolute atomic E-state index is 13.4. The van der Waals surface area contributed by atoms with Gasteiger partial charge in [-0.3, -0.25) is 4.79 Å². The minimum Gasteiger partial charge on any atom is -0.342 e. The Balaban J connectivity index is 0.00000192. The van der Waals surface area contributed by atoms with Crippen molar-refractivity contribution in [2.24, 2.45) is 5.92 Å². The summed E-state index contributed by atoms with van der Waals surface area (Å²) in [5.74, 6) is 1.15. The summed E-state index contributed by atoms with van der Waals surface area (Å²) >= 11 is 1.77. The van der Waals surface area contributed by atoms with E-state index in [1.807, 2.05) is 7.05 Å². The van der Waals surface area contributed by atoms with Crippen molar-refractivity contribution in [3.8, 4) is 0 Å². The Morgan fingerprint density at radius 2 is 2.00 bits per heavy atom. The van der Waals surface area contributed by atoms with Crippen LogP contribution in [-0.4, -0.2) is 37.5 Å². The summed E-state index contributed by atoms with van der Waals surface area (Å²) in [7, 11) is 2.02. The Labute approximate surface area is 150 Å². The lowest BCUT2D eigenvalue weighted by atomic mass is 9.71. The maximum atomic E-state index is 13.4. The molecule has 130 valence electrons. The second kappa shape index (κ2) is 8.50. The lowest BCUT2D eigenvalue weighted by molar-refractivity contribution is -0.140. The number of hydrogen-bond acceptors (Lipinski definition) is 3. The van der Waals surface area contributed by atoms with E-state index in [0.29, 0.717) is 5.91 Å². The summed E-state index contributed by atoms with van der Waals surface area (Å²) in [5, 5.41) is 5.40. The molecule has 2 aliphatic rings. The molecule has 1 amide bonds.